The van der Waals surface area contributed by atoms with Crippen LogP contribution in [0, 0.1) is 5.82 Å². The zero-order valence-corrected chi connectivity index (χ0v) is 17.4. The maximum absolute atomic E-state index is 13.4. The minimum Gasteiger partial charge on any atom is -0.325 e. The molecule has 1 aliphatic heterocycles. The molecule has 32 heavy (non-hydrogen) atoms. The lowest BCUT2D eigenvalue weighted by Gasteiger charge is -2.33. The number of nitrogens with one attached hydrogen (secondary N) is 1. The number of hydrogen-bond donors (Lipinski definition) is 1. The van der Waals surface area contributed by atoms with Crippen molar-refractivity contribution in [1.29, 1.82) is 0 Å². The van der Waals surface area contributed by atoms with Gasteiger partial charge in [-0.05, 0) is 30.3 Å². The van der Waals surface area contributed by atoms with Gasteiger partial charge >= 0.3 is 0 Å². The van der Waals surface area contributed by atoms with Crippen LogP contribution >= 0.6 is 0 Å². The average molecular weight is 452 g/mol. The molecular formula is C23H17FN2O5S. The molecule has 1 aliphatic rings. The molecule has 0 saturated carbocycles. The molecule has 1 atom stereocenters. The van der Waals surface area contributed by atoms with Crippen molar-refractivity contribution >= 4 is 33.2 Å². The number of amides is 1. The molecule has 4 rings (SSSR count). The van der Waals surface area contributed by atoms with Crippen molar-refractivity contribution in [1.82, 2.24) is 4.31 Å². The Morgan fingerprint density at radius 1 is 0.938 bits per heavy atom. The lowest BCUT2D eigenvalue weighted by molar-refractivity contribution is -0.116. The smallest absolute Gasteiger partial charge is 0.245 e. The highest BCUT2D eigenvalue weighted by molar-refractivity contribution is 7.89. The third-order valence-electron chi connectivity index (χ3n) is 4.99. The highest BCUT2D eigenvalue weighted by Crippen LogP contribution is 2.31. The molecule has 0 spiro atoms. The first kappa shape index (κ1) is 21.5. The number of rotatable bonds is 5. The second-order valence-electron chi connectivity index (χ2n) is 7.10. The number of benzene rings is 3. The summed E-state index contributed by atoms with van der Waals surface area (Å²) in [6.07, 6.45) is 0. The summed E-state index contributed by atoms with van der Waals surface area (Å²) >= 11 is 0. The van der Waals surface area contributed by atoms with E-state index in [0.717, 1.165) is 6.07 Å². The summed E-state index contributed by atoms with van der Waals surface area (Å²) in [6, 6.07) is 16.7. The molecule has 0 aliphatic carbocycles. The van der Waals surface area contributed by atoms with Crippen molar-refractivity contribution in [3.8, 4) is 0 Å². The van der Waals surface area contributed by atoms with Crippen molar-refractivity contribution in [3.63, 3.8) is 0 Å². The predicted octanol–water partition coefficient (Wildman–Crippen LogP) is 2.90. The maximum Gasteiger partial charge on any atom is 0.245 e. The largest absolute Gasteiger partial charge is 0.325 e. The lowest BCUT2D eigenvalue weighted by atomic mass is 9.96. The van der Waals surface area contributed by atoms with Crippen molar-refractivity contribution in [2.24, 2.45) is 0 Å². The topological polar surface area (TPSA) is 101 Å². The number of sulfonamides is 1. The second kappa shape index (κ2) is 8.45. The van der Waals surface area contributed by atoms with E-state index >= 15 is 0 Å². The Bertz CT molecular complexity index is 1320. The highest BCUT2D eigenvalue weighted by atomic mass is 32.2. The molecule has 0 saturated heterocycles. The summed E-state index contributed by atoms with van der Waals surface area (Å²) < 4.78 is 40.7. The lowest BCUT2D eigenvalue weighted by Crippen LogP contribution is -2.55. The van der Waals surface area contributed by atoms with E-state index in [2.05, 4.69) is 5.32 Å². The number of halogens is 1. The zero-order chi connectivity index (χ0) is 22.9. The molecule has 9 heteroatoms. The number of carbonyl (C=O) groups is 3. The third-order valence-corrected chi connectivity index (χ3v) is 6.86. The number of nitrogens with zero attached hydrogens (tertiary/aromatic N) is 1. The van der Waals surface area contributed by atoms with Gasteiger partial charge in [0.15, 0.2) is 17.6 Å². The van der Waals surface area contributed by atoms with Crippen LogP contribution in [-0.2, 0) is 14.8 Å². The normalized spacial score (nSPS) is 17.4. The van der Waals surface area contributed by atoms with E-state index in [1.54, 1.807) is 18.2 Å². The van der Waals surface area contributed by atoms with Gasteiger partial charge in [0.05, 0.1) is 11.4 Å². The summed E-state index contributed by atoms with van der Waals surface area (Å²) in [7, 11) is -4.36. The van der Waals surface area contributed by atoms with Gasteiger partial charge in [-0.15, -0.1) is 0 Å². The van der Waals surface area contributed by atoms with Crippen molar-refractivity contribution in [3.05, 3.63) is 95.8 Å². The first-order valence-corrected chi connectivity index (χ1v) is 11.0. The Kier molecular flexibility index (Phi) is 5.68. The van der Waals surface area contributed by atoms with Crippen LogP contribution in [-0.4, -0.2) is 42.8 Å². The molecule has 162 valence electrons. The third kappa shape index (κ3) is 3.95. The molecular weight excluding hydrogens is 435 g/mol. The molecule has 0 radical (unpaired) electrons. The zero-order valence-electron chi connectivity index (χ0n) is 16.6. The molecule has 0 fully saturated rings. The maximum atomic E-state index is 13.4. The van der Waals surface area contributed by atoms with E-state index < -0.39 is 45.9 Å². The molecule has 0 aromatic heterocycles. The summed E-state index contributed by atoms with van der Waals surface area (Å²) in [5, 5.41) is 2.40. The Morgan fingerprint density at radius 3 is 2.34 bits per heavy atom. The van der Waals surface area contributed by atoms with E-state index in [9.17, 15) is 27.2 Å². The van der Waals surface area contributed by atoms with Crippen LogP contribution in [0.1, 0.15) is 20.7 Å². The standard InChI is InChI=1S/C23H17FN2O5S/c24-16-9-6-10-17(13-16)25-20(27)14-26-21(22(28)15-7-2-1-3-8-15)23(29)18-11-4-5-12-19(18)32(26,30)31/h1-13,21H,14H2,(H,25,27). The van der Waals surface area contributed by atoms with Crippen LogP contribution < -0.4 is 5.32 Å². The Balaban J connectivity index is 1.74. The number of fused-ring (bicyclic) bond motifs is 1. The quantitative estimate of drug-likeness (QED) is 0.474. The SMILES string of the molecule is O=C(CN1C(C(=O)c2ccccc2)C(=O)c2ccccc2S1(=O)=O)Nc1cccc(F)c1. The van der Waals surface area contributed by atoms with Crippen molar-refractivity contribution in [2.45, 2.75) is 10.9 Å². The fourth-order valence-corrected chi connectivity index (χ4v) is 5.24. The molecule has 7 nitrogen and oxygen atoms in total. The van der Waals surface area contributed by atoms with Gasteiger partial charge in [0.2, 0.25) is 15.9 Å². The van der Waals surface area contributed by atoms with Gasteiger partial charge in [-0.25, -0.2) is 12.8 Å². The molecule has 1 heterocycles. The number of Topliss-reactive ketones (excluding diaryl/α,β-unsaturated/α-hetero) is 2. The number of hydrogen-bond acceptors (Lipinski definition) is 5. The number of carbonyl (C=O) groups excluding carboxylic acids is 3. The van der Waals surface area contributed by atoms with E-state index in [1.807, 2.05) is 0 Å². The van der Waals surface area contributed by atoms with Crippen LogP contribution in [0.4, 0.5) is 10.1 Å². The molecule has 3 aromatic rings. The van der Waals surface area contributed by atoms with Crippen LogP contribution in [0.2, 0.25) is 0 Å². The fourth-order valence-electron chi connectivity index (χ4n) is 3.53. The van der Waals surface area contributed by atoms with E-state index in [1.165, 1.54) is 54.6 Å². The first-order valence-electron chi connectivity index (χ1n) is 9.59. The number of ketones is 2. The van der Waals surface area contributed by atoms with Crippen molar-refractivity contribution in [2.75, 3.05) is 11.9 Å². The van der Waals surface area contributed by atoms with Crippen molar-refractivity contribution < 1.29 is 27.2 Å². The van der Waals surface area contributed by atoms with E-state index in [0.29, 0.717) is 4.31 Å². The molecule has 0 bridgehead atoms. The first-order chi connectivity index (χ1) is 15.3. The van der Waals surface area contributed by atoms with Crippen LogP contribution in [0.3, 0.4) is 0 Å². The number of anilines is 1. The Labute approximate surface area is 183 Å². The summed E-state index contributed by atoms with van der Waals surface area (Å²) in [4.78, 5) is 38.8. The fraction of sp³-hybridized carbons (Fsp3) is 0.0870. The van der Waals surface area contributed by atoms with Crippen LogP contribution in [0.15, 0.2) is 83.8 Å². The minimum atomic E-state index is -4.36. The van der Waals surface area contributed by atoms with Gasteiger partial charge in [0, 0.05) is 16.8 Å². The minimum absolute atomic E-state index is 0.108. The highest BCUT2D eigenvalue weighted by Gasteiger charge is 2.48. The van der Waals surface area contributed by atoms with Gasteiger partial charge in [0.25, 0.3) is 0 Å². The van der Waals surface area contributed by atoms with Gasteiger partial charge in [-0.1, -0.05) is 48.5 Å². The van der Waals surface area contributed by atoms with Gasteiger partial charge in [-0.2, -0.15) is 4.31 Å². The Hall–Kier alpha value is -3.69. The van der Waals surface area contributed by atoms with E-state index in [-0.39, 0.29) is 21.7 Å². The summed E-state index contributed by atoms with van der Waals surface area (Å²) in [5.74, 6) is -2.87. The summed E-state index contributed by atoms with van der Waals surface area (Å²) in [6.45, 7) is -0.803. The van der Waals surface area contributed by atoms with Gasteiger partial charge in [0.1, 0.15) is 5.82 Å². The molecule has 1 N–H and O–H groups in total. The average Bonchev–Trinajstić information content (AvgIpc) is 2.78. The molecule has 3 aromatic carbocycles. The monoisotopic (exact) mass is 452 g/mol. The predicted molar refractivity (Wildman–Crippen MR) is 114 cm³/mol. The second-order valence-corrected chi connectivity index (χ2v) is 8.96. The van der Waals surface area contributed by atoms with E-state index in [4.69, 9.17) is 0 Å². The summed E-state index contributed by atoms with van der Waals surface area (Å²) in [5.41, 5.74) is 0.140. The van der Waals surface area contributed by atoms with Gasteiger partial charge in [-0.3, -0.25) is 14.4 Å². The molecule has 1 amide bonds. The van der Waals surface area contributed by atoms with Crippen LogP contribution in [0.25, 0.3) is 0 Å². The van der Waals surface area contributed by atoms with Gasteiger partial charge < -0.3 is 5.32 Å². The van der Waals surface area contributed by atoms with Crippen LogP contribution in [0.5, 0.6) is 0 Å². The molecule has 1 unspecified atom stereocenters. The Morgan fingerprint density at radius 2 is 1.62 bits per heavy atom.